The van der Waals surface area contributed by atoms with Gasteiger partial charge in [-0.2, -0.15) is 0 Å². The molecule has 5 heteroatoms. The van der Waals surface area contributed by atoms with Crippen molar-refractivity contribution in [3.05, 3.63) is 29.8 Å². The predicted octanol–water partition coefficient (Wildman–Crippen LogP) is 2.70. The smallest absolute Gasteiger partial charge is 0.329 e. The molecule has 0 saturated heterocycles. The molecule has 1 atom stereocenters. The normalized spacial score (nSPS) is 18.3. The summed E-state index contributed by atoms with van der Waals surface area (Å²) in [5.74, 6) is -0.841. The van der Waals surface area contributed by atoms with Crippen LogP contribution in [0, 0.1) is 0 Å². The van der Waals surface area contributed by atoms with Crippen molar-refractivity contribution in [2.45, 2.75) is 50.5 Å². The number of rotatable bonds is 5. The van der Waals surface area contributed by atoms with Crippen LogP contribution in [-0.2, 0) is 9.59 Å². The number of hydrogen-bond donors (Lipinski definition) is 2. The number of carboxylic acids is 1. The van der Waals surface area contributed by atoms with Crippen molar-refractivity contribution in [1.82, 2.24) is 5.32 Å². The van der Waals surface area contributed by atoms with E-state index in [9.17, 15) is 14.7 Å². The summed E-state index contributed by atoms with van der Waals surface area (Å²) in [6.45, 7) is 1.79. The Hall–Kier alpha value is -2.04. The molecule has 22 heavy (non-hydrogen) atoms. The van der Waals surface area contributed by atoms with Gasteiger partial charge in [0.1, 0.15) is 11.3 Å². The van der Waals surface area contributed by atoms with Crippen LogP contribution in [0.3, 0.4) is 0 Å². The number of nitrogens with one attached hydrogen (secondary N) is 1. The summed E-state index contributed by atoms with van der Waals surface area (Å²) in [4.78, 5) is 24.1. The largest absolute Gasteiger partial charge is 0.497 e. The van der Waals surface area contributed by atoms with Gasteiger partial charge in [0.15, 0.2) is 0 Å². The van der Waals surface area contributed by atoms with E-state index < -0.39 is 17.4 Å². The second-order valence-electron chi connectivity index (χ2n) is 5.93. The molecule has 5 nitrogen and oxygen atoms in total. The molecule has 0 radical (unpaired) electrons. The highest BCUT2D eigenvalue weighted by Crippen LogP contribution is 2.30. The maximum Gasteiger partial charge on any atom is 0.329 e. The van der Waals surface area contributed by atoms with Crippen LogP contribution in [0.1, 0.15) is 50.5 Å². The first-order chi connectivity index (χ1) is 10.5. The lowest BCUT2D eigenvalue weighted by atomic mass is 9.81. The fraction of sp³-hybridized carbons (Fsp3) is 0.529. The van der Waals surface area contributed by atoms with Crippen molar-refractivity contribution >= 4 is 11.9 Å². The number of methoxy groups -OCH3 is 1. The van der Waals surface area contributed by atoms with Gasteiger partial charge in [0.2, 0.25) is 5.91 Å². The van der Waals surface area contributed by atoms with Gasteiger partial charge in [-0.05, 0) is 37.5 Å². The van der Waals surface area contributed by atoms with E-state index in [4.69, 9.17) is 4.74 Å². The minimum absolute atomic E-state index is 0.241. The third kappa shape index (κ3) is 3.40. The molecule has 1 amide bonds. The average Bonchev–Trinajstić information content (AvgIpc) is 2.55. The van der Waals surface area contributed by atoms with E-state index in [0.717, 1.165) is 30.6 Å². The maximum atomic E-state index is 12.5. The van der Waals surface area contributed by atoms with Gasteiger partial charge in [-0.1, -0.05) is 31.4 Å². The zero-order valence-electron chi connectivity index (χ0n) is 13.1. The van der Waals surface area contributed by atoms with Crippen molar-refractivity contribution < 1.29 is 19.4 Å². The number of aliphatic carboxylic acids is 1. The summed E-state index contributed by atoms with van der Waals surface area (Å²) in [6, 6.07) is 7.26. The van der Waals surface area contributed by atoms with Crippen molar-refractivity contribution in [1.29, 1.82) is 0 Å². The van der Waals surface area contributed by atoms with Crippen LogP contribution in [0.2, 0.25) is 0 Å². The number of benzene rings is 1. The van der Waals surface area contributed by atoms with Gasteiger partial charge in [0.05, 0.1) is 13.0 Å². The van der Waals surface area contributed by atoms with Crippen molar-refractivity contribution in [2.24, 2.45) is 0 Å². The number of ether oxygens (including phenoxy) is 1. The predicted molar refractivity (Wildman–Crippen MR) is 83.0 cm³/mol. The van der Waals surface area contributed by atoms with Crippen LogP contribution >= 0.6 is 0 Å². The highest BCUT2D eigenvalue weighted by Gasteiger charge is 2.41. The summed E-state index contributed by atoms with van der Waals surface area (Å²) in [6.07, 6.45) is 3.71. The Balaban J connectivity index is 2.10. The average molecular weight is 305 g/mol. The molecule has 1 aromatic rings. The summed E-state index contributed by atoms with van der Waals surface area (Å²) >= 11 is 0. The van der Waals surface area contributed by atoms with Crippen LogP contribution in [0.25, 0.3) is 0 Å². The molecule has 0 aliphatic heterocycles. The Morgan fingerprint density at radius 2 is 1.77 bits per heavy atom. The Morgan fingerprint density at radius 1 is 1.18 bits per heavy atom. The molecule has 0 spiro atoms. The third-order valence-electron chi connectivity index (χ3n) is 4.49. The first kappa shape index (κ1) is 16.3. The molecule has 120 valence electrons. The molecule has 1 aliphatic carbocycles. The standard InChI is InChI=1S/C17H23NO4/c1-12(13-6-8-14(22-2)9-7-13)15(19)18-17(16(20)21)10-4-3-5-11-17/h6-9,12H,3-5,10-11H2,1-2H3,(H,18,19)(H,20,21). The SMILES string of the molecule is COc1ccc(C(C)C(=O)NC2(C(=O)O)CCCCC2)cc1. The topological polar surface area (TPSA) is 75.6 Å². The highest BCUT2D eigenvalue weighted by atomic mass is 16.5. The molecule has 0 bridgehead atoms. The number of amides is 1. The van der Waals surface area contributed by atoms with Gasteiger partial charge in [0.25, 0.3) is 0 Å². The molecular weight excluding hydrogens is 282 g/mol. The lowest BCUT2D eigenvalue weighted by Gasteiger charge is -2.34. The van der Waals surface area contributed by atoms with Crippen LogP contribution in [-0.4, -0.2) is 29.6 Å². The molecule has 2 rings (SSSR count). The van der Waals surface area contributed by atoms with E-state index in [2.05, 4.69) is 5.32 Å². The van der Waals surface area contributed by atoms with E-state index in [1.807, 2.05) is 12.1 Å². The van der Waals surface area contributed by atoms with Crippen molar-refractivity contribution in [2.75, 3.05) is 7.11 Å². The van der Waals surface area contributed by atoms with E-state index in [1.165, 1.54) is 0 Å². The Labute approximate surface area is 130 Å². The fourth-order valence-electron chi connectivity index (χ4n) is 2.94. The maximum absolute atomic E-state index is 12.5. The number of carbonyl (C=O) groups is 2. The summed E-state index contributed by atoms with van der Waals surface area (Å²) in [5.41, 5.74) is -0.259. The Morgan fingerprint density at radius 3 is 2.27 bits per heavy atom. The fourth-order valence-corrected chi connectivity index (χ4v) is 2.94. The first-order valence-electron chi connectivity index (χ1n) is 7.68. The third-order valence-corrected chi connectivity index (χ3v) is 4.49. The molecule has 0 aromatic heterocycles. The molecule has 1 aliphatic rings. The number of hydrogen-bond acceptors (Lipinski definition) is 3. The number of carboxylic acid groups (broad SMARTS) is 1. The summed E-state index contributed by atoms with van der Waals surface area (Å²) in [5, 5.41) is 12.3. The molecule has 0 heterocycles. The van der Waals surface area contributed by atoms with E-state index in [-0.39, 0.29) is 5.91 Å². The van der Waals surface area contributed by atoms with Crippen LogP contribution in [0.5, 0.6) is 5.75 Å². The summed E-state index contributed by atoms with van der Waals surface area (Å²) in [7, 11) is 1.59. The molecule has 1 saturated carbocycles. The molecular formula is C17H23NO4. The van der Waals surface area contributed by atoms with Gasteiger partial charge in [-0.15, -0.1) is 0 Å². The van der Waals surface area contributed by atoms with E-state index >= 15 is 0 Å². The summed E-state index contributed by atoms with van der Waals surface area (Å²) < 4.78 is 5.10. The van der Waals surface area contributed by atoms with E-state index in [0.29, 0.717) is 12.8 Å². The minimum atomic E-state index is -1.10. The number of carbonyl (C=O) groups excluding carboxylic acids is 1. The lowest BCUT2D eigenvalue weighted by molar-refractivity contribution is -0.149. The quantitative estimate of drug-likeness (QED) is 0.877. The molecule has 2 N–H and O–H groups in total. The monoisotopic (exact) mass is 305 g/mol. The Bertz CT molecular complexity index is 532. The van der Waals surface area contributed by atoms with Gasteiger partial charge in [-0.25, -0.2) is 4.79 Å². The van der Waals surface area contributed by atoms with Gasteiger partial charge in [0, 0.05) is 0 Å². The molecule has 1 aromatic carbocycles. The van der Waals surface area contributed by atoms with Crippen molar-refractivity contribution in [3.8, 4) is 5.75 Å². The van der Waals surface area contributed by atoms with E-state index in [1.54, 1.807) is 26.2 Å². The van der Waals surface area contributed by atoms with Crippen molar-refractivity contribution in [3.63, 3.8) is 0 Å². The van der Waals surface area contributed by atoms with Crippen LogP contribution in [0.4, 0.5) is 0 Å². The zero-order chi connectivity index (χ0) is 16.2. The van der Waals surface area contributed by atoms with Crippen LogP contribution < -0.4 is 10.1 Å². The first-order valence-corrected chi connectivity index (χ1v) is 7.68. The highest BCUT2D eigenvalue weighted by molar-refractivity contribution is 5.90. The van der Waals surface area contributed by atoms with Gasteiger partial charge >= 0.3 is 5.97 Å². The van der Waals surface area contributed by atoms with Gasteiger partial charge < -0.3 is 15.2 Å². The molecule has 1 unspecified atom stereocenters. The minimum Gasteiger partial charge on any atom is -0.497 e. The van der Waals surface area contributed by atoms with Crippen LogP contribution in [0.15, 0.2) is 24.3 Å². The zero-order valence-corrected chi connectivity index (χ0v) is 13.1. The second kappa shape index (κ2) is 6.81. The Kier molecular flexibility index (Phi) is 5.06. The second-order valence-corrected chi connectivity index (χ2v) is 5.93. The molecule has 1 fully saturated rings. The van der Waals surface area contributed by atoms with Gasteiger partial charge in [-0.3, -0.25) is 4.79 Å². The lowest BCUT2D eigenvalue weighted by Crippen LogP contribution is -2.56.